The Morgan fingerprint density at radius 3 is 1.05 bits per heavy atom. The average Bonchev–Trinajstić information content (AvgIpc) is 2.23. The molecule has 0 rings (SSSR count). The molecule has 0 fully saturated rings. The maximum Gasteiger partial charge on any atom is -0.0327 e. The van der Waals surface area contributed by atoms with Crippen LogP contribution in [0.25, 0.3) is 0 Å². The molecule has 0 saturated carbocycles. The van der Waals surface area contributed by atoms with Gasteiger partial charge >= 0.3 is 0 Å². The van der Waals surface area contributed by atoms with Crippen molar-refractivity contribution in [3.63, 3.8) is 0 Å². The summed E-state index contributed by atoms with van der Waals surface area (Å²) in [5, 5.41) is 0. The predicted molar refractivity (Wildman–Crippen MR) is 91.6 cm³/mol. The van der Waals surface area contributed by atoms with Crippen LogP contribution in [0.3, 0.4) is 0 Å². The smallest absolute Gasteiger partial charge is 0.0327 e. The van der Waals surface area contributed by atoms with Crippen molar-refractivity contribution in [2.45, 2.75) is 87.5 Å². The SMILES string of the molecule is CC(C)C/C=C/CC(C)C.CC(C)CCCC(C)C. The first-order valence-corrected chi connectivity index (χ1v) is 8.40. The molecule has 0 unspecified atom stereocenters. The van der Waals surface area contributed by atoms with Gasteiger partial charge in [-0.05, 0) is 36.5 Å². The third-order valence-corrected chi connectivity index (χ3v) is 2.94. The van der Waals surface area contributed by atoms with E-state index in [0.717, 1.165) is 23.7 Å². The Balaban J connectivity index is 0. The average molecular weight is 269 g/mol. The molecule has 19 heavy (non-hydrogen) atoms. The molecule has 0 radical (unpaired) electrons. The summed E-state index contributed by atoms with van der Waals surface area (Å²) in [7, 11) is 0. The summed E-state index contributed by atoms with van der Waals surface area (Å²) in [6.45, 7) is 18.2. The van der Waals surface area contributed by atoms with Crippen LogP contribution in [-0.4, -0.2) is 0 Å². The Morgan fingerprint density at radius 2 is 0.842 bits per heavy atom. The van der Waals surface area contributed by atoms with Gasteiger partial charge in [0.05, 0.1) is 0 Å². The molecule has 0 saturated heterocycles. The summed E-state index contributed by atoms with van der Waals surface area (Å²) in [5.41, 5.74) is 0. The van der Waals surface area contributed by atoms with Crippen LogP contribution in [-0.2, 0) is 0 Å². The minimum atomic E-state index is 0.809. The van der Waals surface area contributed by atoms with Crippen molar-refractivity contribution in [3.8, 4) is 0 Å². The van der Waals surface area contributed by atoms with Crippen molar-refractivity contribution in [2.24, 2.45) is 23.7 Å². The van der Waals surface area contributed by atoms with E-state index in [1.807, 2.05) is 0 Å². The van der Waals surface area contributed by atoms with Crippen molar-refractivity contribution in [2.75, 3.05) is 0 Å². The largest absolute Gasteiger partial charge is 0.0883 e. The van der Waals surface area contributed by atoms with E-state index >= 15 is 0 Å². The van der Waals surface area contributed by atoms with Gasteiger partial charge in [-0.25, -0.2) is 0 Å². The van der Waals surface area contributed by atoms with Crippen LogP contribution in [0, 0.1) is 23.7 Å². The van der Waals surface area contributed by atoms with E-state index in [-0.39, 0.29) is 0 Å². The maximum atomic E-state index is 2.30. The van der Waals surface area contributed by atoms with Gasteiger partial charge in [0, 0.05) is 0 Å². The summed E-state index contributed by atoms with van der Waals surface area (Å²) in [6.07, 6.45) is 11.3. The van der Waals surface area contributed by atoms with Crippen LogP contribution in [0.4, 0.5) is 0 Å². The first-order valence-electron chi connectivity index (χ1n) is 8.40. The molecule has 0 aromatic carbocycles. The zero-order chi connectivity index (χ0) is 15.3. The van der Waals surface area contributed by atoms with Gasteiger partial charge in [-0.2, -0.15) is 0 Å². The number of rotatable bonds is 8. The Bertz CT molecular complexity index is 164. The second-order valence-electron chi connectivity index (χ2n) is 7.45. The van der Waals surface area contributed by atoms with E-state index in [9.17, 15) is 0 Å². The fourth-order valence-electron chi connectivity index (χ4n) is 1.67. The lowest BCUT2D eigenvalue weighted by Crippen LogP contribution is -1.90. The Hall–Kier alpha value is -0.260. The van der Waals surface area contributed by atoms with E-state index in [0.29, 0.717) is 0 Å². The Labute approximate surface area is 124 Å². The molecule has 0 heterocycles. The minimum absolute atomic E-state index is 0.809. The Kier molecular flexibility index (Phi) is 15.7. The van der Waals surface area contributed by atoms with Gasteiger partial charge in [0.1, 0.15) is 0 Å². The molecule has 0 heteroatoms. The number of allylic oxidation sites excluding steroid dienone is 2. The quantitative estimate of drug-likeness (QED) is 0.412. The molecule has 0 spiro atoms. The zero-order valence-electron chi connectivity index (χ0n) is 15.0. The van der Waals surface area contributed by atoms with Crippen LogP contribution in [0.15, 0.2) is 12.2 Å². The molecule has 0 nitrogen and oxygen atoms in total. The molecule has 0 amide bonds. The normalized spacial score (nSPS) is 11.8. The molecule has 0 atom stereocenters. The fourth-order valence-corrected chi connectivity index (χ4v) is 1.67. The second-order valence-corrected chi connectivity index (χ2v) is 7.45. The van der Waals surface area contributed by atoms with Gasteiger partial charge in [-0.1, -0.05) is 86.8 Å². The first kappa shape index (κ1) is 21.0. The molecule has 0 N–H and O–H groups in total. The summed E-state index contributed by atoms with van der Waals surface area (Å²) in [5.74, 6) is 3.40. The number of hydrogen-bond acceptors (Lipinski definition) is 0. The molecule has 0 bridgehead atoms. The third kappa shape index (κ3) is 27.1. The summed E-state index contributed by atoms with van der Waals surface area (Å²) < 4.78 is 0. The van der Waals surface area contributed by atoms with E-state index in [1.165, 1.54) is 32.1 Å². The van der Waals surface area contributed by atoms with Crippen molar-refractivity contribution in [1.29, 1.82) is 0 Å². The fraction of sp³-hybridized carbons (Fsp3) is 0.895. The highest BCUT2D eigenvalue weighted by Gasteiger charge is 1.95. The molecule has 0 aliphatic rings. The van der Waals surface area contributed by atoms with Crippen LogP contribution >= 0.6 is 0 Å². The molecular formula is C19H40. The van der Waals surface area contributed by atoms with Crippen molar-refractivity contribution < 1.29 is 0 Å². The van der Waals surface area contributed by atoms with Crippen LogP contribution in [0.2, 0.25) is 0 Å². The third-order valence-electron chi connectivity index (χ3n) is 2.94. The zero-order valence-corrected chi connectivity index (χ0v) is 15.0. The maximum absolute atomic E-state index is 2.30. The highest BCUT2D eigenvalue weighted by Crippen LogP contribution is 2.10. The van der Waals surface area contributed by atoms with Gasteiger partial charge in [0.2, 0.25) is 0 Å². The lowest BCUT2D eigenvalue weighted by Gasteiger charge is -2.05. The topological polar surface area (TPSA) is 0 Å². The lowest BCUT2D eigenvalue weighted by atomic mass is 10.0. The lowest BCUT2D eigenvalue weighted by molar-refractivity contribution is 0.480. The van der Waals surface area contributed by atoms with Crippen LogP contribution in [0.1, 0.15) is 87.5 Å². The van der Waals surface area contributed by atoms with Crippen molar-refractivity contribution in [3.05, 3.63) is 12.2 Å². The molecule has 116 valence electrons. The van der Waals surface area contributed by atoms with E-state index in [4.69, 9.17) is 0 Å². The number of hydrogen-bond donors (Lipinski definition) is 0. The minimum Gasteiger partial charge on any atom is -0.0883 e. The van der Waals surface area contributed by atoms with E-state index in [1.54, 1.807) is 0 Å². The molecule has 0 aliphatic heterocycles. The molecular weight excluding hydrogens is 228 g/mol. The van der Waals surface area contributed by atoms with Gasteiger partial charge < -0.3 is 0 Å². The second kappa shape index (κ2) is 14.2. The van der Waals surface area contributed by atoms with Crippen LogP contribution in [0.5, 0.6) is 0 Å². The monoisotopic (exact) mass is 268 g/mol. The first-order chi connectivity index (χ1) is 8.75. The molecule has 0 aromatic heterocycles. The van der Waals surface area contributed by atoms with Gasteiger partial charge in [0.25, 0.3) is 0 Å². The predicted octanol–water partition coefficient (Wildman–Crippen LogP) is 7.10. The molecule has 0 aliphatic carbocycles. The summed E-state index contributed by atoms with van der Waals surface area (Å²) >= 11 is 0. The Morgan fingerprint density at radius 1 is 0.526 bits per heavy atom. The highest BCUT2D eigenvalue weighted by molar-refractivity contribution is 4.83. The van der Waals surface area contributed by atoms with Gasteiger partial charge in [-0.15, -0.1) is 0 Å². The van der Waals surface area contributed by atoms with Crippen LogP contribution < -0.4 is 0 Å². The van der Waals surface area contributed by atoms with Crippen molar-refractivity contribution >= 4 is 0 Å². The van der Waals surface area contributed by atoms with Crippen molar-refractivity contribution in [1.82, 2.24) is 0 Å². The van der Waals surface area contributed by atoms with Gasteiger partial charge in [0.15, 0.2) is 0 Å². The van der Waals surface area contributed by atoms with Gasteiger partial charge in [-0.3, -0.25) is 0 Å². The summed E-state index contributed by atoms with van der Waals surface area (Å²) in [4.78, 5) is 0. The summed E-state index contributed by atoms with van der Waals surface area (Å²) in [6, 6.07) is 0. The van der Waals surface area contributed by atoms with E-state index in [2.05, 4.69) is 67.5 Å². The highest BCUT2D eigenvalue weighted by atomic mass is 14.0. The standard InChI is InChI=1S/C10H20.C9H20/c1-9(2)7-5-6-8-10(3)4;1-8(2)6-5-7-9(3)4/h5-6,9-10H,7-8H2,1-4H3;8-9H,5-7H2,1-4H3/b6-5+;. The molecule has 0 aromatic rings. The van der Waals surface area contributed by atoms with E-state index < -0.39 is 0 Å².